The standard InChI is InChI=1S/C15H25N3O/c1-4-16-13-8-10-17-14(11-13)15(19)18-9-6-5-7-12(2)3/h8,10-12H,4-7,9H2,1-3H3,(H,16,17)(H,18,19). The number of hydrogen-bond acceptors (Lipinski definition) is 3. The molecule has 106 valence electrons. The van der Waals surface area contributed by atoms with E-state index in [0.29, 0.717) is 5.69 Å². The smallest absolute Gasteiger partial charge is 0.269 e. The van der Waals surface area contributed by atoms with Crippen molar-refractivity contribution in [1.82, 2.24) is 10.3 Å². The number of aromatic nitrogens is 1. The summed E-state index contributed by atoms with van der Waals surface area (Å²) in [4.78, 5) is 16.0. The Hall–Kier alpha value is -1.58. The molecule has 0 aliphatic rings. The minimum atomic E-state index is -0.0932. The van der Waals surface area contributed by atoms with E-state index in [-0.39, 0.29) is 5.91 Å². The number of carbonyl (C=O) groups excluding carboxylic acids is 1. The number of rotatable bonds is 8. The number of anilines is 1. The van der Waals surface area contributed by atoms with E-state index in [0.717, 1.165) is 37.5 Å². The van der Waals surface area contributed by atoms with Gasteiger partial charge in [0.05, 0.1) is 0 Å². The van der Waals surface area contributed by atoms with E-state index in [2.05, 4.69) is 29.5 Å². The monoisotopic (exact) mass is 263 g/mol. The van der Waals surface area contributed by atoms with Gasteiger partial charge in [-0.25, -0.2) is 0 Å². The number of nitrogens with one attached hydrogen (secondary N) is 2. The number of pyridine rings is 1. The second-order valence-corrected chi connectivity index (χ2v) is 5.11. The van der Waals surface area contributed by atoms with E-state index in [1.165, 1.54) is 6.42 Å². The summed E-state index contributed by atoms with van der Waals surface area (Å²) in [5.74, 6) is 0.637. The molecule has 1 aromatic heterocycles. The maximum absolute atomic E-state index is 11.9. The Balaban J connectivity index is 2.34. The molecule has 0 aliphatic carbocycles. The highest BCUT2D eigenvalue weighted by atomic mass is 16.1. The summed E-state index contributed by atoms with van der Waals surface area (Å²) in [5.41, 5.74) is 1.41. The Bertz CT molecular complexity index is 391. The molecule has 1 amide bonds. The maximum atomic E-state index is 11.9. The van der Waals surface area contributed by atoms with Crippen molar-refractivity contribution >= 4 is 11.6 Å². The third kappa shape index (κ3) is 6.22. The first-order valence-corrected chi connectivity index (χ1v) is 7.11. The lowest BCUT2D eigenvalue weighted by molar-refractivity contribution is 0.0948. The largest absolute Gasteiger partial charge is 0.385 e. The minimum absolute atomic E-state index is 0.0932. The molecule has 0 aliphatic heterocycles. The summed E-state index contributed by atoms with van der Waals surface area (Å²) in [6.07, 6.45) is 5.05. The van der Waals surface area contributed by atoms with Gasteiger partial charge in [0.25, 0.3) is 5.91 Å². The van der Waals surface area contributed by atoms with Gasteiger partial charge in [-0.3, -0.25) is 9.78 Å². The van der Waals surface area contributed by atoms with Gasteiger partial charge in [0.15, 0.2) is 0 Å². The van der Waals surface area contributed by atoms with Gasteiger partial charge in [-0.05, 0) is 31.4 Å². The normalized spacial score (nSPS) is 10.5. The summed E-state index contributed by atoms with van der Waals surface area (Å²) in [6.45, 7) is 8.01. The Kier molecular flexibility index (Phi) is 6.93. The first-order chi connectivity index (χ1) is 9.13. The molecule has 0 aromatic carbocycles. The fourth-order valence-electron chi connectivity index (χ4n) is 1.84. The van der Waals surface area contributed by atoms with E-state index >= 15 is 0 Å². The summed E-state index contributed by atoms with van der Waals surface area (Å²) in [6, 6.07) is 3.65. The first-order valence-electron chi connectivity index (χ1n) is 7.11. The molecule has 19 heavy (non-hydrogen) atoms. The number of hydrogen-bond donors (Lipinski definition) is 2. The molecule has 1 aromatic rings. The van der Waals surface area contributed by atoms with Crippen molar-refractivity contribution in [3.05, 3.63) is 24.0 Å². The third-order valence-corrected chi connectivity index (χ3v) is 2.87. The maximum Gasteiger partial charge on any atom is 0.269 e. The van der Waals surface area contributed by atoms with Gasteiger partial charge in [-0.1, -0.05) is 26.7 Å². The molecular weight excluding hydrogens is 238 g/mol. The predicted molar refractivity (Wildman–Crippen MR) is 79.4 cm³/mol. The van der Waals surface area contributed by atoms with Crippen molar-refractivity contribution in [3.63, 3.8) is 0 Å². The van der Waals surface area contributed by atoms with Crippen molar-refractivity contribution < 1.29 is 4.79 Å². The zero-order chi connectivity index (χ0) is 14.1. The number of amides is 1. The first kappa shape index (κ1) is 15.5. The molecule has 1 heterocycles. The fourth-order valence-corrected chi connectivity index (χ4v) is 1.84. The van der Waals surface area contributed by atoms with Crippen LogP contribution in [0.4, 0.5) is 5.69 Å². The van der Waals surface area contributed by atoms with Crippen LogP contribution in [-0.2, 0) is 0 Å². The lowest BCUT2D eigenvalue weighted by Crippen LogP contribution is -2.25. The van der Waals surface area contributed by atoms with Crippen LogP contribution in [0.1, 0.15) is 50.5 Å². The Labute approximate surface area is 116 Å². The van der Waals surface area contributed by atoms with Crippen molar-refractivity contribution in [1.29, 1.82) is 0 Å². The molecule has 0 saturated carbocycles. The molecule has 4 nitrogen and oxygen atoms in total. The highest BCUT2D eigenvalue weighted by Gasteiger charge is 2.06. The molecule has 4 heteroatoms. The molecule has 0 spiro atoms. The average Bonchev–Trinajstić information content (AvgIpc) is 2.38. The van der Waals surface area contributed by atoms with Crippen LogP contribution in [0.3, 0.4) is 0 Å². The Morgan fingerprint density at radius 2 is 2.16 bits per heavy atom. The summed E-state index contributed by atoms with van der Waals surface area (Å²) in [5, 5.41) is 6.08. The summed E-state index contributed by atoms with van der Waals surface area (Å²) < 4.78 is 0. The molecule has 2 N–H and O–H groups in total. The van der Waals surface area contributed by atoms with Crippen molar-refractivity contribution in [2.45, 2.75) is 40.0 Å². The molecule has 0 saturated heterocycles. The van der Waals surface area contributed by atoms with Crippen LogP contribution < -0.4 is 10.6 Å². The van der Waals surface area contributed by atoms with Crippen molar-refractivity contribution in [2.75, 3.05) is 18.4 Å². The average molecular weight is 263 g/mol. The summed E-state index contributed by atoms with van der Waals surface area (Å²) in [7, 11) is 0. The van der Waals surface area contributed by atoms with Crippen LogP contribution in [-0.4, -0.2) is 24.0 Å². The molecular formula is C15H25N3O. The van der Waals surface area contributed by atoms with Crippen molar-refractivity contribution in [2.24, 2.45) is 5.92 Å². The van der Waals surface area contributed by atoms with Gasteiger partial charge in [0.1, 0.15) is 5.69 Å². The molecule has 0 atom stereocenters. The van der Waals surface area contributed by atoms with E-state index < -0.39 is 0 Å². The lowest BCUT2D eigenvalue weighted by Gasteiger charge is -2.07. The lowest BCUT2D eigenvalue weighted by atomic mass is 10.1. The van der Waals surface area contributed by atoms with Crippen LogP contribution >= 0.6 is 0 Å². The quantitative estimate of drug-likeness (QED) is 0.709. The zero-order valence-corrected chi connectivity index (χ0v) is 12.2. The van der Waals surface area contributed by atoms with Gasteiger partial charge in [0.2, 0.25) is 0 Å². The highest BCUT2D eigenvalue weighted by molar-refractivity contribution is 5.93. The second-order valence-electron chi connectivity index (χ2n) is 5.11. The molecule has 0 unspecified atom stereocenters. The zero-order valence-electron chi connectivity index (χ0n) is 12.2. The molecule has 0 radical (unpaired) electrons. The topological polar surface area (TPSA) is 54.0 Å². The third-order valence-electron chi connectivity index (χ3n) is 2.87. The predicted octanol–water partition coefficient (Wildman–Crippen LogP) is 3.07. The Morgan fingerprint density at radius 1 is 1.37 bits per heavy atom. The molecule has 0 fully saturated rings. The number of nitrogens with zero attached hydrogens (tertiary/aromatic N) is 1. The van der Waals surface area contributed by atoms with E-state index in [1.807, 2.05) is 13.0 Å². The minimum Gasteiger partial charge on any atom is -0.385 e. The van der Waals surface area contributed by atoms with Crippen LogP contribution in [0.5, 0.6) is 0 Å². The number of unbranched alkanes of at least 4 members (excludes halogenated alkanes) is 1. The SMILES string of the molecule is CCNc1ccnc(C(=O)NCCCCC(C)C)c1. The van der Waals surface area contributed by atoms with Gasteiger partial charge >= 0.3 is 0 Å². The summed E-state index contributed by atoms with van der Waals surface area (Å²) >= 11 is 0. The molecule has 1 rings (SSSR count). The van der Waals surface area contributed by atoms with E-state index in [9.17, 15) is 4.79 Å². The van der Waals surface area contributed by atoms with E-state index in [1.54, 1.807) is 12.3 Å². The van der Waals surface area contributed by atoms with Crippen LogP contribution in [0.2, 0.25) is 0 Å². The fraction of sp³-hybridized carbons (Fsp3) is 0.600. The highest BCUT2D eigenvalue weighted by Crippen LogP contribution is 2.08. The Morgan fingerprint density at radius 3 is 2.84 bits per heavy atom. The van der Waals surface area contributed by atoms with Gasteiger partial charge in [-0.2, -0.15) is 0 Å². The number of carbonyl (C=O) groups is 1. The van der Waals surface area contributed by atoms with Crippen molar-refractivity contribution in [3.8, 4) is 0 Å². The molecule has 0 bridgehead atoms. The van der Waals surface area contributed by atoms with E-state index in [4.69, 9.17) is 0 Å². The van der Waals surface area contributed by atoms with Gasteiger partial charge < -0.3 is 10.6 Å². The van der Waals surface area contributed by atoms with Gasteiger partial charge in [0, 0.05) is 25.0 Å². The van der Waals surface area contributed by atoms with Crippen LogP contribution in [0, 0.1) is 5.92 Å². The van der Waals surface area contributed by atoms with Gasteiger partial charge in [-0.15, -0.1) is 0 Å². The van der Waals surface area contributed by atoms with Crippen LogP contribution in [0.25, 0.3) is 0 Å². The second kappa shape index (κ2) is 8.51. The van der Waals surface area contributed by atoms with Crippen LogP contribution in [0.15, 0.2) is 18.3 Å².